The summed E-state index contributed by atoms with van der Waals surface area (Å²) in [5.41, 5.74) is 6.65. The lowest BCUT2D eigenvalue weighted by molar-refractivity contribution is 0.0752. The first kappa shape index (κ1) is 24.1. The summed E-state index contributed by atoms with van der Waals surface area (Å²) in [5, 5.41) is 6.71. The molecule has 8 nitrogen and oxygen atoms in total. The van der Waals surface area contributed by atoms with Gasteiger partial charge in [-0.3, -0.25) is 4.79 Å². The van der Waals surface area contributed by atoms with Crippen LogP contribution in [0.15, 0.2) is 24.3 Å². The molecule has 2 aromatic carbocycles. The van der Waals surface area contributed by atoms with Crippen LogP contribution in [0, 0.1) is 24.6 Å². The van der Waals surface area contributed by atoms with Crippen LogP contribution in [-0.4, -0.2) is 54.1 Å². The van der Waals surface area contributed by atoms with E-state index in [1.54, 1.807) is 26.1 Å². The van der Waals surface area contributed by atoms with Gasteiger partial charge in [-0.1, -0.05) is 0 Å². The Morgan fingerprint density at radius 1 is 1.19 bits per heavy atom. The Morgan fingerprint density at radius 2 is 1.92 bits per heavy atom. The number of halogens is 3. The minimum absolute atomic E-state index is 0.00100. The van der Waals surface area contributed by atoms with Crippen LogP contribution in [0.2, 0.25) is 0 Å². The highest BCUT2D eigenvalue weighted by atomic mass is 19.3. The SMILES string of the molecule is CNc1cc2c(NCc3cc(N)cc(C(F)F)c3F)nc(C)nc2cc1C(=O)N1CC2COCC2C1. The van der Waals surface area contributed by atoms with Gasteiger partial charge in [0.05, 0.1) is 29.9 Å². The summed E-state index contributed by atoms with van der Waals surface area (Å²) in [7, 11) is 1.72. The molecule has 2 aliphatic heterocycles. The average Bonchev–Trinajstić information content (AvgIpc) is 3.45. The predicted octanol–water partition coefficient (Wildman–Crippen LogP) is 3.97. The molecule has 2 atom stereocenters. The zero-order chi connectivity index (χ0) is 25.6. The van der Waals surface area contributed by atoms with Gasteiger partial charge in [-0.15, -0.1) is 0 Å². The Bertz CT molecular complexity index is 1320. The van der Waals surface area contributed by atoms with Crippen molar-refractivity contribution >= 4 is 34.0 Å². The first-order valence-corrected chi connectivity index (χ1v) is 11.7. The highest BCUT2D eigenvalue weighted by Gasteiger charge is 2.39. The molecule has 0 bridgehead atoms. The van der Waals surface area contributed by atoms with E-state index in [1.165, 1.54) is 6.07 Å². The van der Waals surface area contributed by atoms with E-state index in [1.807, 2.05) is 4.90 Å². The average molecular weight is 501 g/mol. The molecule has 0 aliphatic carbocycles. The van der Waals surface area contributed by atoms with Crippen LogP contribution in [0.25, 0.3) is 10.9 Å². The normalized spacial score (nSPS) is 19.2. The van der Waals surface area contributed by atoms with Crippen molar-refractivity contribution in [1.29, 1.82) is 0 Å². The van der Waals surface area contributed by atoms with Crippen LogP contribution < -0.4 is 16.4 Å². The lowest BCUT2D eigenvalue weighted by atomic mass is 10.0. The van der Waals surface area contributed by atoms with Crippen molar-refractivity contribution < 1.29 is 22.7 Å². The fraction of sp³-hybridized carbons (Fsp3) is 0.400. The number of ether oxygens (including phenoxy) is 1. The van der Waals surface area contributed by atoms with E-state index in [-0.39, 0.29) is 23.7 Å². The molecule has 36 heavy (non-hydrogen) atoms. The van der Waals surface area contributed by atoms with Gasteiger partial charge in [0.1, 0.15) is 17.5 Å². The number of hydrogen-bond donors (Lipinski definition) is 3. The zero-order valence-electron chi connectivity index (χ0n) is 19.9. The van der Waals surface area contributed by atoms with Crippen molar-refractivity contribution in [2.45, 2.75) is 19.9 Å². The third-order valence-electron chi connectivity index (χ3n) is 6.85. The van der Waals surface area contributed by atoms with Crippen LogP contribution in [0.3, 0.4) is 0 Å². The number of rotatable bonds is 6. The van der Waals surface area contributed by atoms with Gasteiger partial charge in [0.25, 0.3) is 12.3 Å². The molecular formula is C25H27F3N6O2. The number of aromatic nitrogens is 2. The molecule has 2 aliphatic rings. The monoisotopic (exact) mass is 500 g/mol. The standard InChI is InChI=1S/C25H27F3N6O2/c1-12-32-21-6-18(25(35)34-8-14-10-36-11-15(14)9-34)20(30-2)5-17(21)24(33-12)31-7-13-3-16(29)4-19(22(13)26)23(27)28/h3-6,14-15,23,30H,7-11,29H2,1-2H3,(H,31,32,33). The number of aryl methyl sites for hydroxylation is 1. The third-order valence-corrected chi connectivity index (χ3v) is 6.85. The largest absolute Gasteiger partial charge is 0.399 e. The fourth-order valence-corrected chi connectivity index (χ4v) is 5.03. The maximum atomic E-state index is 14.6. The fourth-order valence-electron chi connectivity index (χ4n) is 5.03. The molecule has 5 rings (SSSR count). The third kappa shape index (κ3) is 4.39. The van der Waals surface area contributed by atoms with Crippen molar-refractivity contribution in [2.24, 2.45) is 11.8 Å². The van der Waals surface area contributed by atoms with E-state index in [4.69, 9.17) is 10.5 Å². The van der Waals surface area contributed by atoms with Gasteiger partial charge in [0, 0.05) is 60.8 Å². The molecule has 190 valence electrons. The maximum Gasteiger partial charge on any atom is 0.266 e. The van der Waals surface area contributed by atoms with Crippen LogP contribution in [0.4, 0.5) is 30.4 Å². The smallest absolute Gasteiger partial charge is 0.266 e. The number of alkyl halides is 2. The molecule has 2 unspecified atom stereocenters. The van der Waals surface area contributed by atoms with Gasteiger partial charge in [0.2, 0.25) is 0 Å². The molecule has 3 aromatic rings. The van der Waals surface area contributed by atoms with Gasteiger partial charge in [-0.05, 0) is 31.2 Å². The van der Waals surface area contributed by atoms with Crippen molar-refractivity contribution in [2.75, 3.05) is 49.7 Å². The predicted molar refractivity (Wildman–Crippen MR) is 131 cm³/mol. The second-order valence-corrected chi connectivity index (χ2v) is 9.29. The van der Waals surface area contributed by atoms with E-state index >= 15 is 0 Å². The Labute approximate surface area is 206 Å². The summed E-state index contributed by atoms with van der Waals surface area (Å²) < 4.78 is 46.5. The van der Waals surface area contributed by atoms with Crippen molar-refractivity contribution in [3.8, 4) is 0 Å². The molecule has 0 spiro atoms. The minimum atomic E-state index is -2.98. The van der Waals surface area contributed by atoms with E-state index in [9.17, 15) is 18.0 Å². The van der Waals surface area contributed by atoms with E-state index < -0.39 is 17.8 Å². The van der Waals surface area contributed by atoms with Crippen LogP contribution in [0.5, 0.6) is 0 Å². The Balaban J connectivity index is 1.46. The topological polar surface area (TPSA) is 105 Å². The van der Waals surface area contributed by atoms with Crippen LogP contribution in [-0.2, 0) is 11.3 Å². The number of fused-ring (bicyclic) bond motifs is 2. The second-order valence-electron chi connectivity index (χ2n) is 9.29. The summed E-state index contributed by atoms with van der Waals surface area (Å²) in [6, 6.07) is 5.75. The number of anilines is 3. The number of likely N-dealkylation sites (tertiary alicyclic amines) is 1. The molecule has 11 heteroatoms. The number of nitrogens with zero attached hydrogens (tertiary/aromatic N) is 3. The zero-order valence-corrected chi connectivity index (χ0v) is 19.9. The first-order valence-electron chi connectivity index (χ1n) is 11.7. The molecule has 1 amide bonds. The molecule has 2 saturated heterocycles. The van der Waals surface area contributed by atoms with Gasteiger partial charge >= 0.3 is 0 Å². The van der Waals surface area contributed by atoms with Crippen molar-refractivity contribution in [3.63, 3.8) is 0 Å². The van der Waals surface area contributed by atoms with Crippen molar-refractivity contribution in [1.82, 2.24) is 14.9 Å². The van der Waals surface area contributed by atoms with Gasteiger partial charge in [0.15, 0.2) is 0 Å². The highest BCUT2D eigenvalue weighted by Crippen LogP contribution is 2.34. The number of nitrogens with two attached hydrogens (primary N) is 1. The molecule has 2 fully saturated rings. The summed E-state index contributed by atoms with van der Waals surface area (Å²) in [6.07, 6.45) is -2.98. The number of carbonyl (C=O) groups excluding carboxylic acids is 1. The van der Waals surface area contributed by atoms with E-state index in [0.717, 1.165) is 6.07 Å². The molecule has 0 radical (unpaired) electrons. The number of hydrogen-bond acceptors (Lipinski definition) is 7. The van der Waals surface area contributed by atoms with Crippen LogP contribution >= 0.6 is 0 Å². The lowest BCUT2D eigenvalue weighted by Crippen LogP contribution is -2.30. The van der Waals surface area contributed by atoms with Gasteiger partial charge < -0.3 is 26.0 Å². The Morgan fingerprint density at radius 3 is 2.58 bits per heavy atom. The quantitative estimate of drug-likeness (QED) is 0.440. The maximum absolute atomic E-state index is 14.6. The molecule has 3 heterocycles. The number of amides is 1. The van der Waals surface area contributed by atoms with E-state index in [2.05, 4.69) is 20.6 Å². The number of nitrogens with one attached hydrogen (secondary N) is 2. The first-order chi connectivity index (χ1) is 17.2. The summed E-state index contributed by atoms with van der Waals surface area (Å²) >= 11 is 0. The van der Waals surface area contributed by atoms with Gasteiger partial charge in [-0.2, -0.15) is 0 Å². The number of benzene rings is 2. The highest BCUT2D eigenvalue weighted by molar-refractivity contribution is 6.05. The van der Waals surface area contributed by atoms with Crippen LogP contribution in [0.1, 0.15) is 33.7 Å². The molecule has 1 aromatic heterocycles. The van der Waals surface area contributed by atoms with Crippen molar-refractivity contribution in [3.05, 3.63) is 52.6 Å². The number of nitrogen functional groups attached to an aromatic ring is 1. The Hall–Kier alpha value is -3.60. The summed E-state index contributed by atoms with van der Waals surface area (Å²) in [4.78, 5) is 24.2. The van der Waals surface area contributed by atoms with Gasteiger partial charge in [-0.25, -0.2) is 23.1 Å². The second kappa shape index (κ2) is 9.45. The minimum Gasteiger partial charge on any atom is -0.399 e. The van der Waals surface area contributed by atoms with E-state index in [0.29, 0.717) is 71.9 Å². The lowest BCUT2D eigenvalue weighted by Gasteiger charge is -2.20. The molecule has 0 saturated carbocycles. The summed E-state index contributed by atoms with van der Waals surface area (Å²) in [5.74, 6) is 0.474. The number of carbonyl (C=O) groups is 1. The molecular weight excluding hydrogens is 473 g/mol. The molecule has 4 N–H and O–H groups in total. The summed E-state index contributed by atoms with van der Waals surface area (Å²) in [6.45, 7) is 4.27. The Kier molecular flexibility index (Phi) is 6.33.